The Morgan fingerprint density at radius 3 is 2.00 bits per heavy atom. The van der Waals surface area contributed by atoms with E-state index in [-0.39, 0.29) is 5.91 Å². The quantitative estimate of drug-likeness (QED) is 0.118. The van der Waals surface area contributed by atoms with Crippen LogP contribution in [-0.2, 0) is 0 Å². The van der Waals surface area contributed by atoms with Gasteiger partial charge in [0.2, 0.25) is 0 Å². The molecule has 0 radical (unpaired) electrons. The smallest absolute Gasteiger partial charge is 0.251 e. The molecule has 4 nitrogen and oxygen atoms in total. The lowest BCUT2D eigenvalue weighted by Gasteiger charge is -2.13. The Hall–Kier alpha value is -2.67. The van der Waals surface area contributed by atoms with Crippen LogP contribution in [0.2, 0.25) is 0 Å². The summed E-state index contributed by atoms with van der Waals surface area (Å²) in [6.07, 6.45) is 6.98. The Balaban J connectivity index is 1.14. The Morgan fingerprint density at radius 1 is 0.727 bits per heavy atom. The molecule has 1 aromatic heterocycles. The van der Waals surface area contributed by atoms with Crippen molar-refractivity contribution in [3.05, 3.63) is 81.9 Å². The number of para-hydroxylation sites is 2. The highest BCUT2D eigenvalue weighted by Gasteiger charge is 2.08. The van der Waals surface area contributed by atoms with E-state index in [9.17, 15) is 4.79 Å². The molecule has 3 aromatic carbocycles. The van der Waals surface area contributed by atoms with E-state index in [1.54, 1.807) is 0 Å². The third kappa shape index (κ3) is 6.44. The zero-order valence-electron chi connectivity index (χ0n) is 18.8. The highest BCUT2D eigenvalue weighted by molar-refractivity contribution is 14.1. The Labute approximate surface area is 209 Å². The molecule has 4 rings (SSSR count). The van der Waals surface area contributed by atoms with Crippen LogP contribution in [0.1, 0.15) is 48.9 Å². The molecule has 0 spiro atoms. The minimum absolute atomic E-state index is 0.0238. The third-order valence-electron chi connectivity index (χ3n) is 5.87. The summed E-state index contributed by atoms with van der Waals surface area (Å²) in [5.41, 5.74) is 4.00. The molecule has 0 aliphatic heterocycles. The summed E-state index contributed by atoms with van der Waals surface area (Å²) < 4.78 is 1.08. The number of amides is 1. The standard InChI is InChI=1S/C28H30IN3O/c29-22-13-11-12-21(20-22)28(33)31-19-10-4-2-1-3-9-18-30-27-23-14-5-7-16-25(23)32-26-17-8-6-15-24(26)27/h5-8,11-17,20H,1-4,9-10,18-19H2,(H,30,32)(H,31,33)/i29-2. The van der Waals surface area contributed by atoms with Crippen molar-refractivity contribution in [3.63, 3.8) is 0 Å². The predicted octanol–water partition coefficient (Wildman–Crippen LogP) is 7.18. The molecular weight excluding hydrogens is 519 g/mol. The molecule has 1 amide bonds. The van der Waals surface area contributed by atoms with E-state index >= 15 is 0 Å². The van der Waals surface area contributed by atoms with Gasteiger partial charge in [0, 0.05) is 33.0 Å². The molecule has 0 aliphatic rings. The number of fused-ring (bicyclic) bond motifs is 2. The van der Waals surface area contributed by atoms with Gasteiger partial charge in [0.1, 0.15) is 0 Å². The van der Waals surface area contributed by atoms with Crippen molar-refractivity contribution in [1.82, 2.24) is 10.3 Å². The summed E-state index contributed by atoms with van der Waals surface area (Å²) in [5, 5.41) is 9.08. The summed E-state index contributed by atoms with van der Waals surface area (Å²) in [6, 6.07) is 24.4. The van der Waals surface area contributed by atoms with Crippen LogP contribution in [0.4, 0.5) is 5.69 Å². The largest absolute Gasteiger partial charge is 0.384 e. The zero-order chi connectivity index (χ0) is 22.9. The van der Waals surface area contributed by atoms with Crippen molar-refractivity contribution in [3.8, 4) is 0 Å². The first-order valence-corrected chi connectivity index (χ1v) is 12.9. The Morgan fingerprint density at radius 2 is 1.33 bits per heavy atom. The van der Waals surface area contributed by atoms with Crippen LogP contribution in [0.5, 0.6) is 0 Å². The van der Waals surface area contributed by atoms with Crippen LogP contribution in [0.15, 0.2) is 72.8 Å². The molecule has 0 unspecified atom stereocenters. The van der Waals surface area contributed by atoms with Gasteiger partial charge in [0.15, 0.2) is 0 Å². The molecule has 2 N–H and O–H groups in total. The topological polar surface area (TPSA) is 54.0 Å². The van der Waals surface area contributed by atoms with E-state index < -0.39 is 0 Å². The zero-order valence-corrected chi connectivity index (χ0v) is 21.0. The van der Waals surface area contributed by atoms with Crippen LogP contribution < -0.4 is 10.6 Å². The van der Waals surface area contributed by atoms with Gasteiger partial charge < -0.3 is 10.6 Å². The summed E-state index contributed by atoms with van der Waals surface area (Å²) in [4.78, 5) is 17.0. The molecule has 33 heavy (non-hydrogen) atoms. The monoisotopic (exact) mass is 549 g/mol. The predicted molar refractivity (Wildman–Crippen MR) is 147 cm³/mol. The van der Waals surface area contributed by atoms with Gasteiger partial charge in [-0.05, 0) is 65.8 Å². The highest BCUT2D eigenvalue weighted by atomic mass is 125. The highest BCUT2D eigenvalue weighted by Crippen LogP contribution is 2.30. The number of benzene rings is 3. The number of hydrogen-bond acceptors (Lipinski definition) is 3. The van der Waals surface area contributed by atoms with Gasteiger partial charge in [-0.2, -0.15) is 0 Å². The number of nitrogens with one attached hydrogen (secondary N) is 2. The van der Waals surface area contributed by atoms with E-state index in [0.29, 0.717) is 0 Å². The second-order valence-corrected chi connectivity index (χ2v) is 9.58. The van der Waals surface area contributed by atoms with Crippen LogP contribution in [0, 0.1) is 3.57 Å². The minimum Gasteiger partial charge on any atom is -0.384 e. The Bertz CT molecular complexity index is 1170. The van der Waals surface area contributed by atoms with Gasteiger partial charge in [-0.1, -0.05) is 68.1 Å². The molecule has 0 fully saturated rings. The van der Waals surface area contributed by atoms with Crippen molar-refractivity contribution in [2.75, 3.05) is 18.4 Å². The van der Waals surface area contributed by atoms with Crippen molar-refractivity contribution in [2.45, 2.75) is 38.5 Å². The maximum atomic E-state index is 12.2. The molecule has 4 aromatic rings. The first-order valence-electron chi connectivity index (χ1n) is 11.8. The van der Waals surface area contributed by atoms with Gasteiger partial charge in [-0.3, -0.25) is 4.79 Å². The van der Waals surface area contributed by atoms with Crippen LogP contribution in [-0.4, -0.2) is 24.0 Å². The summed E-state index contributed by atoms with van der Waals surface area (Å²) in [5.74, 6) is 0.0238. The number of rotatable bonds is 11. The second-order valence-electron chi connectivity index (χ2n) is 8.34. The van der Waals surface area contributed by atoms with E-state index in [1.165, 1.54) is 35.7 Å². The minimum atomic E-state index is 0.0238. The lowest BCUT2D eigenvalue weighted by molar-refractivity contribution is 0.0953. The van der Waals surface area contributed by atoms with Gasteiger partial charge in [0.25, 0.3) is 5.91 Å². The fourth-order valence-corrected chi connectivity index (χ4v) is 4.68. The van der Waals surface area contributed by atoms with E-state index in [4.69, 9.17) is 4.98 Å². The molecule has 0 bridgehead atoms. The first-order chi connectivity index (χ1) is 16.2. The second kappa shape index (κ2) is 12.0. The molecular formula is C28H30IN3O. The van der Waals surface area contributed by atoms with Crippen LogP contribution in [0.25, 0.3) is 21.8 Å². The molecule has 0 atom stereocenters. The van der Waals surface area contributed by atoms with Gasteiger partial charge in [0.05, 0.1) is 16.7 Å². The van der Waals surface area contributed by atoms with E-state index in [2.05, 4.69) is 69.6 Å². The lowest BCUT2D eigenvalue weighted by atomic mass is 10.1. The van der Waals surface area contributed by atoms with Gasteiger partial charge in [-0.15, -0.1) is 0 Å². The normalized spacial score (nSPS) is 11.1. The first kappa shape index (κ1) is 23.5. The molecule has 0 saturated carbocycles. The Kier molecular flexibility index (Phi) is 8.53. The van der Waals surface area contributed by atoms with Crippen molar-refractivity contribution in [1.29, 1.82) is 0 Å². The number of anilines is 1. The average molecular weight is 549 g/mol. The number of pyridine rings is 1. The number of nitrogens with zero attached hydrogens (tertiary/aromatic N) is 1. The SMILES string of the molecule is O=C(NCCCCCCCCNc1c2ccccc2nc2ccccc12)c1cccc([125I])c1. The fourth-order valence-electron chi connectivity index (χ4n) is 4.13. The third-order valence-corrected chi connectivity index (χ3v) is 6.54. The summed E-state index contributed by atoms with van der Waals surface area (Å²) in [6.45, 7) is 1.71. The number of unbranched alkanes of at least 4 members (excludes halogenated alkanes) is 5. The lowest BCUT2D eigenvalue weighted by Crippen LogP contribution is -2.24. The molecule has 0 aliphatic carbocycles. The number of carbonyl (C=O) groups excluding carboxylic acids is 1. The maximum absolute atomic E-state index is 12.2. The van der Waals surface area contributed by atoms with Gasteiger partial charge >= 0.3 is 0 Å². The van der Waals surface area contributed by atoms with Crippen LogP contribution in [0.3, 0.4) is 0 Å². The molecule has 0 saturated heterocycles. The van der Waals surface area contributed by atoms with E-state index in [0.717, 1.165) is 52.5 Å². The summed E-state index contributed by atoms with van der Waals surface area (Å²) >= 11 is 2.23. The number of aromatic nitrogens is 1. The van der Waals surface area contributed by atoms with Crippen molar-refractivity contribution in [2.24, 2.45) is 0 Å². The van der Waals surface area contributed by atoms with Crippen molar-refractivity contribution >= 4 is 56.0 Å². The van der Waals surface area contributed by atoms with Crippen molar-refractivity contribution < 1.29 is 4.79 Å². The van der Waals surface area contributed by atoms with E-state index in [1.807, 2.05) is 36.4 Å². The molecule has 1 heterocycles. The van der Waals surface area contributed by atoms with Gasteiger partial charge in [-0.25, -0.2) is 4.98 Å². The molecule has 170 valence electrons. The number of hydrogen-bond donors (Lipinski definition) is 2. The molecule has 5 heteroatoms. The number of carbonyl (C=O) groups is 1. The fraction of sp³-hybridized carbons (Fsp3) is 0.286. The van der Waals surface area contributed by atoms with Crippen LogP contribution >= 0.6 is 22.6 Å². The number of halogens is 1. The summed E-state index contributed by atoms with van der Waals surface area (Å²) in [7, 11) is 0. The average Bonchev–Trinajstić information content (AvgIpc) is 2.84. The maximum Gasteiger partial charge on any atom is 0.251 e.